The highest BCUT2D eigenvalue weighted by molar-refractivity contribution is 7.11. The number of rotatable bonds is 4. The van der Waals surface area contributed by atoms with E-state index < -0.39 is 0 Å². The SMILES string of the molecule is COC(C)(C)CC(N)c1nc2c(s1)CCCC2. The van der Waals surface area contributed by atoms with Crippen LogP contribution in [0.3, 0.4) is 0 Å². The van der Waals surface area contributed by atoms with Crippen LogP contribution in [0.4, 0.5) is 0 Å². The summed E-state index contributed by atoms with van der Waals surface area (Å²) in [5.41, 5.74) is 7.36. The molecule has 1 aliphatic rings. The third kappa shape index (κ3) is 3.06. The minimum Gasteiger partial charge on any atom is -0.379 e. The number of methoxy groups -OCH3 is 1. The molecule has 4 heteroatoms. The van der Waals surface area contributed by atoms with Crippen LogP contribution in [0.2, 0.25) is 0 Å². The van der Waals surface area contributed by atoms with Gasteiger partial charge in [0.05, 0.1) is 17.3 Å². The van der Waals surface area contributed by atoms with Gasteiger partial charge in [0.2, 0.25) is 0 Å². The van der Waals surface area contributed by atoms with Gasteiger partial charge in [-0.25, -0.2) is 4.98 Å². The van der Waals surface area contributed by atoms with E-state index in [1.807, 2.05) is 0 Å². The Morgan fingerprint density at radius 2 is 2.12 bits per heavy atom. The molecular weight excluding hydrogens is 232 g/mol. The second-order valence-corrected chi connectivity index (χ2v) is 6.52. The summed E-state index contributed by atoms with van der Waals surface area (Å²) in [6.45, 7) is 4.14. The largest absolute Gasteiger partial charge is 0.379 e. The van der Waals surface area contributed by atoms with Gasteiger partial charge in [-0.1, -0.05) is 0 Å². The zero-order valence-electron chi connectivity index (χ0n) is 11.0. The third-order valence-electron chi connectivity index (χ3n) is 3.44. The Hall–Kier alpha value is -0.450. The van der Waals surface area contributed by atoms with E-state index in [2.05, 4.69) is 13.8 Å². The summed E-state index contributed by atoms with van der Waals surface area (Å²) in [5, 5.41) is 1.09. The predicted molar refractivity (Wildman–Crippen MR) is 71.4 cm³/mol. The average Bonchev–Trinajstić information content (AvgIpc) is 2.72. The topological polar surface area (TPSA) is 48.1 Å². The summed E-state index contributed by atoms with van der Waals surface area (Å²) in [5.74, 6) is 0. The van der Waals surface area contributed by atoms with Crippen LogP contribution in [-0.4, -0.2) is 17.7 Å². The smallest absolute Gasteiger partial charge is 0.110 e. The summed E-state index contributed by atoms with van der Waals surface area (Å²) in [4.78, 5) is 6.16. The molecule has 2 N–H and O–H groups in total. The minimum atomic E-state index is -0.175. The number of ether oxygens (including phenoxy) is 1. The molecular formula is C13H22N2OS. The second-order valence-electron chi connectivity index (χ2n) is 5.40. The van der Waals surface area contributed by atoms with Crippen molar-refractivity contribution < 1.29 is 4.74 Å². The van der Waals surface area contributed by atoms with E-state index in [4.69, 9.17) is 15.5 Å². The Labute approximate surface area is 107 Å². The number of aryl methyl sites for hydroxylation is 2. The molecule has 2 rings (SSSR count). The minimum absolute atomic E-state index is 0.000509. The first-order chi connectivity index (χ1) is 8.02. The summed E-state index contributed by atoms with van der Waals surface area (Å²) in [6.07, 6.45) is 5.71. The molecule has 1 aromatic rings. The molecule has 0 fully saturated rings. The van der Waals surface area contributed by atoms with Crippen LogP contribution in [0.25, 0.3) is 0 Å². The Morgan fingerprint density at radius 3 is 2.76 bits per heavy atom. The molecule has 0 aromatic carbocycles. The van der Waals surface area contributed by atoms with Crippen LogP contribution in [0.5, 0.6) is 0 Å². The summed E-state index contributed by atoms with van der Waals surface area (Å²) < 4.78 is 5.43. The summed E-state index contributed by atoms with van der Waals surface area (Å²) in [6, 6.07) is 0.000509. The van der Waals surface area contributed by atoms with Crippen molar-refractivity contribution in [2.45, 2.75) is 57.6 Å². The van der Waals surface area contributed by atoms with E-state index in [0.29, 0.717) is 0 Å². The van der Waals surface area contributed by atoms with E-state index in [1.54, 1.807) is 18.4 Å². The van der Waals surface area contributed by atoms with Crippen LogP contribution in [0.15, 0.2) is 0 Å². The number of nitrogens with zero attached hydrogens (tertiary/aromatic N) is 1. The fraction of sp³-hybridized carbons (Fsp3) is 0.769. The molecule has 0 aliphatic heterocycles. The van der Waals surface area contributed by atoms with Crippen molar-refractivity contribution in [2.24, 2.45) is 5.73 Å². The molecule has 0 radical (unpaired) electrons. The lowest BCUT2D eigenvalue weighted by Gasteiger charge is -2.25. The van der Waals surface area contributed by atoms with E-state index in [0.717, 1.165) is 17.8 Å². The fourth-order valence-electron chi connectivity index (χ4n) is 2.23. The fourth-order valence-corrected chi connectivity index (χ4v) is 3.39. The van der Waals surface area contributed by atoms with E-state index in [9.17, 15) is 0 Å². The molecule has 96 valence electrons. The van der Waals surface area contributed by atoms with E-state index in [-0.39, 0.29) is 11.6 Å². The van der Waals surface area contributed by atoms with Crippen LogP contribution in [0.1, 0.15) is 54.7 Å². The number of fused-ring (bicyclic) bond motifs is 1. The highest BCUT2D eigenvalue weighted by Crippen LogP contribution is 2.32. The van der Waals surface area contributed by atoms with Gasteiger partial charge in [0, 0.05) is 12.0 Å². The third-order valence-corrected chi connectivity index (χ3v) is 4.73. The van der Waals surface area contributed by atoms with Crippen molar-refractivity contribution in [2.75, 3.05) is 7.11 Å². The van der Waals surface area contributed by atoms with Gasteiger partial charge in [0.15, 0.2) is 0 Å². The Balaban J connectivity index is 2.09. The van der Waals surface area contributed by atoms with Gasteiger partial charge < -0.3 is 10.5 Å². The molecule has 0 saturated heterocycles. The molecule has 0 spiro atoms. The van der Waals surface area contributed by atoms with E-state index >= 15 is 0 Å². The molecule has 1 atom stereocenters. The van der Waals surface area contributed by atoms with Crippen LogP contribution in [-0.2, 0) is 17.6 Å². The lowest BCUT2D eigenvalue weighted by molar-refractivity contribution is 0.00993. The normalized spacial score (nSPS) is 17.9. The first-order valence-electron chi connectivity index (χ1n) is 6.31. The van der Waals surface area contributed by atoms with Crippen molar-refractivity contribution in [3.63, 3.8) is 0 Å². The molecule has 0 amide bonds. The summed E-state index contributed by atoms with van der Waals surface area (Å²) in [7, 11) is 1.74. The lowest BCUT2D eigenvalue weighted by atomic mass is 9.99. The Kier molecular flexibility index (Phi) is 3.85. The molecule has 0 saturated carbocycles. The van der Waals surface area contributed by atoms with Gasteiger partial charge in [0.25, 0.3) is 0 Å². The quantitative estimate of drug-likeness (QED) is 0.898. The van der Waals surface area contributed by atoms with Crippen LogP contribution < -0.4 is 5.73 Å². The zero-order chi connectivity index (χ0) is 12.5. The van der Waals surface area contributed by atoms with Gasteiger partial charge in [-0.15, -0.1) is 11.3 Å². The maximum absolute atomic E-state index is 6.24. The first-order valence-corrected chi connectivity index (χ1v) is 7.13. The Morgan fingerprint density at radius 1 is 1.41 bits per heavy atom. The molecule has 0 bridgehead atoms. The van der Waals surface area contributed by atoms with Gasteiger partial charge >= 0.3 is 0 Å². The monoisotopic (exact) mass is 254 g/mol. The number of aromatic nitrogens is 1. The van der Waals surface area contributed by atoms with Gasteiger partial charge in [-0.3, -0.25) is 0 Å². The summed E-state index contributed by atoms with van der Waals surface area (Å²) >= 11 is 1.80. The maximum Gasteiger partial charge on any atom is 0.110 e. The molecule has 1 unspecified atom stereocenters. The molecule has 17 heavy (non-hydrogen) atoms. The lowest BCUT2D eigenvalue weighted by Crippen LogP contribution is -2.28. The highest BCUT2D eigenvalue weighted by Gasteiger charge is 2.25. The van der Waals surface area contributed by atoms with Crippen molar-refractivity contribution in [3.8, 4) is 0 Å². The first kappa shape index (κ1) is 13.0. The molecule has 1 aliphatic carbocycles. The number of hydrogen-bond donors (Lipinski definition) is 1. The van der Waals surface area contributed by atoms with Crippen molar-refractivity contribution in [3.05, 3.63) is 15.6 Å². The predicted octanol–water partition coefficient (Wildman–Crippen LogP) is 2.84. The van der Waals surface area contributed by atoms with Crippen molar-refractivity contribution in [1.82, 2.24) is 4.98 Å². The maximum atomic E-state index is 6.24. The zero-order valence-corrected chi connectivity index (χ0v) is 11.8. The molecule has 3 nitrogen and oxygen atoms in total. The molecule has 1 aromatic heterocycles. The van der Waals surface area contributed by atoms with Crippen molar-refractivity contribution >= 4 is 11.3 Å². The number of hydrogen-bond acceptors (Lipinski definition) is 4. The highest BCUT2D eigenvalue weighted by atomic mass is 32.1. The Bertz CT molecular complexity index is 363. The molecule has 1 heterocycles. The second kappa shape index (κ2) is 5.04. The van der Waals surface area contributed by atoms with Crippen LogP contribution >= 0.6 is 11.3 Å². The standard InChI is InChI=1S/C13H22N2OS/c1-13(2,16-3)8-9(14)12-15-10-6-4-5-7-11(10)17-12/h9H,4-8,14H2,1-3H3. The number of nitrogens with two attached hydrogens (primary N) is 1. The van der Waals surface area contributed by atoms with Gasteiger partial charge in [0.1, 0.15) is 5.01 Å². The van der Waals surface area contributed by atoms with Crippen molar-refractivity contribution in [1.29, 1.82) is 0 Å². The van der Waals surface area contributed by atoms with Gasteiger partial charge in [-0.2, -0.15) is 0 Å². The van der Waals surface area contributed by atoms with E-state index in [1.165, 1.54) is 29.8 Å². The number of thiazole rings is 1. The van der Waals surface area contributed by atoms with Crippen LogP contribution in [0, 0.1) is 0 Å². The van der Waals surface area contributed by atoms with Gasteiger partial charge in [-0.05, 0) is 46.0 Å². The average molecular weight is 254 g/mol.